The van der Waals surface area contributed by atoms with E-state index in [0.29, 0.717) is 29.4 Å². The summed E-state index contributed by atoms with van der Waals surface area (Å²) in [6.07, 6.45) is 2.01. The molecule has 4 N–H and O–H groups in total. The van der Waals surface area contributed by atoms with E-state index in [1.54, 1.807) is 17.0 Å². The Hall–Kier alpha value is -3.32. The van der Waals surface area contributed by atoms with E-state index in [4.69, 9.17) is 4.99 Å². The number of rotatable bonds is 4. The van der Waals surface area contributed by atoms with Crippen LogP contribution in [0.3, 0.4) is 0 Å². The Bertz CT molecular complexity index is 1180. The lowest BCUT2D eigenvalue weighted by Gasteiger charge is -2.46. The lowest BCUT2D eigenvalue weighted by Crippen LogP contribution is -2.65. The van der Waals surface area contributed by atoms with Gasteiger partial charge in [-0.2, -0.15) is 0 Å². The first-order chi connectivity index (χ1) is 14.9. The van der Waals surface area contributed by atoms with E-state index in [0.717, 1.165) is 22.9 Å². The van der Waals surface area contributed by atoms with Gasteiger partial charge in [0.05, 0.1) is 11.7 Å². The van der Waals surface area contributed by atoms with E-state index < -0.39 is 12.3 Å². The number of piperazine rings is 1. The molecular weight excluding hydrogens is 392 g/mol. The number of phenolic OH excluding ortho intramolecular Hbond substituents is 1. The highest BCUT2D eigenvalue weighted by atomic mass is 16.3. The van der Waals surface area contributed by atoms with Crippen LogP contribution in [0.2, 0.25) is 0 Å². The number of amides is 1. The number of aliphatic hydroxyl groups excluding tert-OH is 1. The molecule has 1 amide bonds. The van der Waals surface area contributed by atoms with Crippen molar-refractivity contribution in [1.82, 2.24) is 15.2 Å². The number of para-hydroxylation sites is 1. The van der Waals surface area contributed by atoms with E-state index in [1.165, 1.54) is 6.07 Å². The summed E-state index contributed by atoms with van der Waals surface area (Å²) in [5.41, 5.74) is 3.14. The van der Waals surface area contributed by atoms with Gasteiger partial charge in [0.15, 0.2) is 6.23 Å². The van der Waals surface area contributed by atoms with Crippen LogP contribution >= 0.6 is 0 Å². The molecule has 1 saturated heterocycles. The molecule has 2 aliphatic heterocycles. The number of carbonyl (C=O) groups is 1. The minimum Gasteiger partial charge on any atom is -0.508 e. The summed E-state index contributed by atoms with van der Waals surface area (Å²) in [4.78, 5) is 23.1. The van der Waals surface area contributed by atoms with Crippen molar-refractivity contribution in [3.63, 3.8) is 0 Å². The molecule has 2 aromatic carbocycles. The fraction of sp³-hybridized carbons (Fsp3) is 0.333. The Balaban J connectivity index is 1.58. The van der Waals surface area contributed by atoms with Crippen molar-refractivity contribution >= 4 is 28.3 Å². The summed E-state index contributed by atoms with van der Waals surface area (Å²) >= 11 is 0. The van der Waals surface area contributed by atoms with Gasteiger partial charge in [0, 0.05) is 29.1 Å². The molecule has 160 valence electrons. The first-order valence-electron chi connectivity index (χ1n) is 10.7. The summed E-state index contributed by atoms with van der Waals surface area (Å²) in [6, 6.07) is 11.9. The van der Waals surface area contributed by atoms with E-state index in [1.807, 2.05) is 30.5 Å². The molecule has 0 aliphatic carbocycles. The Kier molecular flexibility index (Phi) is 4.70. The van der Waals surface area contributed by atoms with Crippen LogP contribution in [0, 0.1) is 5.92 Å². The SMILES string of the molecule is CC(C)C[C@@H]1NC(=O)[C@@H](Cc2c[nH]c3ccccc23)N2C1=Nc1ccc(O)cc1C2O. The zero-order valence-corrected chi connectivity index (χ0v) is 17.5. The van der Waals surface area contributed by atoms with Crippen LogP contribution in [0.15, 0.2) is 53.7 Å². The zero-order chi connectivity index (χ0) is 21.7. The topological polar surface area (TPSA) is 101 Å². The Morgan fingerprint density at radius 3 is 2.81 bits per heavy atom. The fourth-order valence-corrected chi connectivity index (χ4v) is 4.69. The molecule has 7 heteroatoms. The molecule has 2 aliphatic rings. The van der Waals surface area contributed by atoms with Crippen LogP contribution in [-0.4, -0.2) is 43.9 Å². The number of hydrogen-bond donors (Lipinski definition) is 4. The van der Waals surface area contributed by atoms with Crippen molar-refractivity contribution < 1.29 is 15.0 Å². The molecule has 0 bridgehead atoms. The minimum atomic E-state index is -1.06. The predicted octanol–water partition coefficient (Wildman–Crippen LogP) is 3.37. The van der Waals surface area contributed by atoms with Crippen molar-refractivity contribution in [1.29, 1.82) is 0 Å². The molecule has 3 heterocycles. The summed E-state index contributed by atoms with van der Waals surface area (Å²) in [5.74, 6) is 0.949. The highest BCUT2D eigenvalue weighted by Crippen LogP contribution is 2.39. The first kappa shape index (κ1) is 19.6. The fourth-order valence-electron chi connectivity index (χ4n) is 4.69. The maximum atomic E-state index is 13.2. The Morgan fingerprint density at radius 1 is 1.19 bits per heavy atom. The molecule has 1 aromatic heterocycles. The summed E-state index contributed by atoms with van der Waals surface area (Å²) in [6.45, 7) is 4.20. The lowest BCUT2D eigenvalue weighted by atomic mass is 9.92. The largest absolute Gasteiger partial charge is 0.508 e. The highest BCUT2D eigenvalue weighted by molar-refractivity contribution is 6.02. The van der Waals surface area contributed by atoms with Crippen molar-refractivity contribution in [3.05, 3.63) is 59.8 Å². The standard InChI is InChI=1S/C24H26N4O3/c1-13(2)9-20-22-26-19-8-7-15(29)11-17(19)24(31)28(22)21(23(30)27-20)10-14-12-25-18-6-4-3-5-16(14)18/h3-8,11-13,20-21,24-25,29,31H,9-10H2,1-2H3,(H,27,30)/t20-,21+,24?/m0/s1. The molecule has 1 fully saturated rings. The van der Waals surface area contributed by atoms with Crippen molar-refractivity contribution in [2.75, 3.05) is 0 Å². The predicted molar refractivity (Wildman–Crippen MR) is 119 cm³/mol. The summed E-state index contributed by atoms with van der Waals surface area (Å²) in [7, 11) is 0. The number of aromatic amines is 1. The van der Waals surface area contributed by atoms with Crippen molar-refractivity contribution in [3.8, 4) is 5.75 Å². The van der Waals surface area contributed by atoms with Crippen molar-refractivity contribution in [2.45, 2.75) is 45.0 Å². The molecule has 0 radical (unpaired) electrons. The van der Waals surface area contributed by atoms with Crippen LogP contribution in [0.1, 0.15) is 37.6 Å². The molecule has 7 nitrogen and oxygen atoms in total. The molecule has 0 spiro atoms. The second-order valence-electron chi connectivity index (χ2n) is 8.76. The lowest BCUT2D eigenvalue weighted by molar-refractivity contribution is -0.131. The monoisotopic (exact) mass is 418 g/mol. The normalized spacial score (nSPS) is 22.8. The third-order valence-corrected chi connectivity index (χ3v) is 6.11. The van der Waals surface area contributed by atoms with Gasteiger partial charge in [0.25, 0.3) is 0 Å². The molecule has 3 atom stereocenters. The maximum absolute atomic E-state index is 13.2. The minimum absolute atomic E-state index is 0.0600. The van der Waals surface area contributed by atoms with Crippen molar-refractivity contribution in [2.24, 2.45) is 10.9 Å². The molecule has 1 unspecified atom stereocenters. The third kappa shape index (κ3) is 3.35. The van der Waals surface area contributed by atoms with Gasteiger partial charge in [-0.25, -0.2) is 4.99 Å². The molecule has 0 saturated carbocycles. The Morgan fingerprint density at radius 2 is 2.00 bits per heavy atom. The van der Waals surface area contributed by atoms with Gasteiger partial charge in [0.1, 0.15) is 17.6 Å². The number of aliphatic hydroxyl groups is 1. The number of nitrogens with zero attached hydrogens (tertiary/aromatic N) is 2. The van der Waals surface area contributed by atoms with Gasteiger partial charge in [-0.05, 0) is 42.2 Å². The smallest absolute Gasteiger partial charge is 0.243 e. The molecule has 5 rings (SSSR count). The number of amidine groups is 1. The average Bonchev–Trinajstić information content (AvgIpc) is 3.14. The van der Waals surface area contributed by atoms with E-state index in [-0.39, 0.29) is 17.7 Å². The highest BCUT2D eigenvalue weighted by Gasteiger charge is 2.45. The number of aromatic nitrogens is 1. The number of fused-ring (bicyclic) bond motifs is 3. The second-order valence-corrected chi connectivity index (χ2v) is 8.76. The van der Waals surface area contributed by atoms with Crippen LogP contribution < -0.4 is 5.32 Å². The van der Waals surface area contributed by atoms with Crippen LogP contribution in [0.5, 0.6) is 5.75 Å². The van der Waals surface area contributed by atoms with Gasteiger partial charge in [-0.15, -0.1) is 0 Å². The van der Waals surface area contributed by atoms with E-state index in [2.05, 4.69) is 24.1 Å². The maximum Gasteiger partial charge on any atom is 0.243 e. The van der Waals surface area contributed by atoms with Crippen LogP contribution in [0.4, 0.5) is 5.69 Å². The first-order valence-corrected chi connectivity index (χ1v) is 10.7. The molecule has 31 heavy (non-hydrogen) atoms. The molecule has 3 aromatic rings. The van der Waals surface area contributed by atoms with Gasteiger partial charge < -0.3 is 25.4 Å². The Labute approximate surface area is 180 Å². The number of hydrogen-bond acceptors (Lipinski definition) is 5. The second kappa shape index (κ2) is 7.42. The van der Waals surface area contributed by atoms with E-state index in [9.17, 15) is 15.0 Å². The van der Waals surface area contributed by atoms with Gasteiger partial charge >= 0.3 is 0 Å². The number of carbonyl (C=O) groups excluding carboxylic acids is 1. The number of benzene rings is 2. The van der Waals surface area contributed by atoms with Gasteiger partial charge in [0.2, 0.25) is 5.91 Å². The molecular formula is C24H26N4O3. The zero-order valence-electron chi connectivity index (χ0n) is 17.5. The quantitative estimate of drug-likeness (QED) is 0.522. The van der Waals surface area contributed by atoms with Crippen LogP contribution in [-0.2, 0) is 11.2 Å². The van der Waals surface area contributed by atoms with Gasteiger partial charge in [-0.3, -0.25) is 4.79 Å². The number of nitrogens with one attached hydrogen (secondary N) is 2. The van der Waals surface area contributed by atoms with Crippen LogP contribution in [0.25, 0.3) is 10.9 Å². The number of aromatic hydroxyl groups is 1. The number of aliphatic imine (C=N–C) groups is 1. The van der Waals surface area contributed by atoms with Gasteiger partial charge in [-0.1, -0.05) is 32.0 Å². The number of phenols is 1. The van der Waals surface area contributed by atoms with E-state index >= 15 is 0 Å². The summed E-state index contributed by atoms with van der Waals surface area (Å²) < 4.78 is 0. The summed E-state index contributed by atoms with van der Waals surface area (Å²) in [5, 5.41) is 25.5. The number of H-pyrrole nitrogens is 1. The third-order valence-electron chi connectivity index (χ3n) is 6.11. The average molecular weight is 418 g/mol.